The zero-order chi connectivity index (χ0) is 23.8. The third-order valence-corrected chi connectivity index (χ3v) is 7.52. The van der Waals surface area contributed by atoms with Crippen molar-refractivity contribution in [2.75, 3.05) is 13.2 Å². The van der Waals surface area contributed by atoms with Gasteiger partial charge in [0.15, 0.2) is 0 Å². The molecule has 1 unspecified atom stereocenters. The first-order valence-corrected chi connectivity index (χ1v) is 13.0. The van der Waals surface area contributed by atoms with Crippen LogP contribution in [0.25, 0.3) is 0 Å². The van der Waals surface area contributed by atoms with E-state index in [0.717, 1.165) is 42.5 Å². The number of aryl methyl sites for hydroxylation is 1. The third kappa shape index (κ3) is 7.92. The number of aliphatic carboxylic acids is 1. The Morgan fingerprint density at radius 3 is 2.58 bits per heavy atom. The number of rotatable bonds is 14. The van der Waals surface area contributed by atoms with Gasteiger partial charge in [0.25, 0.3) is 0 Å². The Labute approximate surface area is 202 Å². The van der Waals surface area contributed by atoms with Crippen molar-refractivity contribution in [3.8, 4) is 0 Å². The van der Waals surface area contributed by atoms with E-state index >= 15 is 0 Å². The van der Waals surface area contributed by atoms with Gasteiger partial charge in [-0.05, 0) is 80.0 Å². The number of aliphatic hydroxyl groups is 1. The molecule has 0 aliphatic heterocycles. The summed E-state index contributed by atoms with van der Waals surface area (Å²) in [5, 5.41) is 25.2. The van der Waals surface area contributed by atoms with Gasteiger partial charge in [-0.25, -0.2) is 0 Å². The van der Waals surface area contributed by atoms with Crippen molar-refractivity contribution in [3.63, 3.8) is 0 Å². The highest BCUT2D eigenvalue weighted by Gasteiger charge is 2.28. The number of nitrogens with one attached hydrogen (secondary N) is 1. The molecule has 1 aromatic heterocycles. The molecule has 1 aliphatic carbocycles. The molecule has 1 heterocycles. The van der Waals surface area contributed by atoms with Crippen molar-refractivity contribution in [3.05, 3.63) is 57.3 Å². The van der Waals surface area contributed by atoms with Crippen LogP contribution < -0.4 is 5.32 Å². The molecular weight excluding hydrogens is 434 g/mol. The molecule has 3 rings (SSSR count). The summed E-state index contributed by atoms with van der Waals surface area (Å²) in [6, 6.07) is 10.7. The minimum atomic E-state index is -0.786. The fourth-order valence-corrected chi connectivity index (χ4v) is 5.94. The van der Waals surface area contributed by atoms with Gasteiger partial charge in [-0.2, -0.15) is 0 Å². The largest absolute Gasteiger partial charge is 0.481 e. The predicted octanol–water partition coefficient (Wildman–Crippen LogP) is 5.16. The first kappa shape index (κ1) is 25.9. The summed E-state index contributed by atoms with van der Waals surface area (Å²) in [5.41, 5.74) is 3.94. The van der Waals surface area contributed by atoms with Crippen molar-refractivity contribution < 1.29 is 19.7 Å². The number of carboxylic acids is 1. The van der Waals surface area contributed by atoms with Crippen LogP contribution in [0, 0.1) is 5.92 Å². The molecule has 1 aliphatic rings. The number of fused-ring (bicyclic) bond motifs is 1. The second-order valence-electron chi connectivity index (χ2n) is 9.98. The molecular formula is C27H39NO4S. The number of β-amino-alcohol motifs (C(OH)–C–C–N with tert-alkyl or cyclic N) is 1. The van der Waals surface area contributed by atoms with Crippen LogP contribution in [0.15, 0.2) is 35.7 Å². The summed E-state index contributed by atoms with van der Waals surface area (Å²) in [7, 11) is 0. The number of hydrogen-bond donors (Lipinski definition) is 3. The number of thiophene rings is 1. The van der Waals surface area contributed by atoms with Crippen molar-refractivity contribution >= 4 is 17.3 Å². The Bertz CT molecular complexity index is 869. The van der Waals surface area contributed by atoms with Crippen LogP contribution >= 0.6 is 11.3 Å². The Kier molecular flexibility index (Phi) is 9.50. The average Bonchev–Trinajstić information content (AvgIpc) is 3.39. The highest BCUT2D eigenvalue weighted by atomic mass is 32.1. The molecule has 6 heteroatoms. The van der Waals surface area contributed by atoms with Gasteiger partial charge in [-0.3, -0.25) is 4.79 Å². The second-order valence-corrected chi connectivity index (χ2v) is 10.9. The third-order valence-electron chi connectivity index (χ3n) is 6.47. The molecule has 0 amide bonds. The van der Waals surface area contributed by atoms with Gasteiger partial charge in [-0.1, -0.05) is 37.6 Å². The lowest BCUT2D eigenvalue weighted by Gasteiger charge is -2.31. The van der Waals surface area contributed by atoms with Gasteiger partial charge < -0.3 is 20.3 Å². The molecule has 0 bridgehead atoms. The topological polar surface area (TPSA) is 78.8 Å². The Balaban J connectivity index is 1.46. The van der Waals surface area contributed by atoms with Crippen LogP contribution in [-0.4, -0.2) is 41.0 Å². The van der Waals surface area contributed by atoms with Gasteiger partial charge in [0.05, 0.1) is 18.8 Å². The molecule has 0 saturated carbocycles. The van der Waals surface area contributed by atoms with Crippen molar-refractivity contribution in [2.24, 2.45) is 5.92 Å². The summed E-state index contributed by atoms with van der Waals surface area (Å²) in [4.78, 5) is 12.1. The lowest BCUT2D eigenvalue weighted by Crippen LogP contribution is -2.45. The van der Waals surface area contributed by atoms with Crippen molar-refractivity contribution in [2.45, 2.75) is 83.5 Å². The summed E-state index contributed by atoms with van der Waals surface area (Å²) in [6.45, 7) is 7.29. The first-order valence-electron chi connectivity index (χ1n) is 12.2. The van der Waals surface area contributed by atoms with Gasteiger partial charge >= 0.3 is 5.97 Å². The van der Waals surface area contributed by atoms with Crippen LogP contribution in [0.4, 0.5) is 0 Å². The monoisotopic (exact) mass is 473 g/mol. The van der Waals surface area contributed by atoms with E-state index in [1.165, 1.54) is 11.1 Å². The minimum absolute atomic E-state index is 0.0612. The quantitative estimate of drug-likeness (QED) is 0.353. The highest BCUT2D eigenvalue weighted by Crippen LogP contribution is 2.33. The maximum atomic E-state index is 11.0. The summed E-state index contributed by atoms with van der Waals surface area (Å²) in [6.07, 6.45) is 5.10. The van der Waals surface area contributed by atoms with E-state index in [1.54, 1.807) is 11.3 Å². The first-order chi connectivity index (χ1) is 15.8. The standard InChI is InChI=1S/C27H39NO4S/c1-4-7-24(26-20(12-13-33-26)10-11-25(30)31)32-18-23(29)17-28-27(2,3)16-19-14-21-8-5-6-9-22(21)15-19/h5-6,8-9,12-13,19,23-24,28-29H,4,7,10-11,14-18H2,1-3H3,(H,30,31)/t23-,24?/m1/s1. The molecule has 182 valence electrons. The lowest BCUT2D eigenvalue weighted by molar-refractivity contribution is -0.136. The Morgan fingerprint density at radius 2 is 1.94 bits per heavy atom. The Hall–Kier alpha value is -1.73. The molecule has 5 nitrogen and oxygen atoms in total. The van der Waals surface area contributed by atoms with E-state index in [9.17, 15) is 9.90 Å². The van der Waals surface area contributed by atoms with Crippen molar-refractivity contribution in [1.82, 2.24) is 5.32 Å². The zero-order valence-corrected chi connectivity index (χ0v) is 21.0. The maximum Gasteiger partial charge on any atom is 0.303 e. The molecule has 0 fully saturated rings. The molecule has 33 heavy (non-hydrogen) atoms. The van der Waals surface area contributed by atoms with Gasteiger partial charge in [0.2, 0.25) is 0 Å². The number of benzene rings is 1. The van der Waals surface area contributed by atoms with E-state index in [0.29, 0.717) is 18.9 Å². The smallest absolute Gasteiger partial charge is 0.303 e. The highest BCUT2D eigenvalue weighted by molar-refractivity contribution is 7.10. The van der Waals surface area contributed by atoms with E-state index in [4.69, 9.17) is 9.84 Å². The fraction of sp³-hybridized carbons (Fsp3) is 0.593. The molecule has 2 atom stereocenters. The Morgan fingerprint density at radius 1 is 1.24 bits per heavy atom. The normalized spacial score (nSPS) is 16.0. The number of ether oxygens (including phenoxy) is 1. The van der Waals surface area contributed by atoms with Crippen molar-refractivity contribution in [1.29, 1.82) is 0 Å². The molecule has 0 spiro atoms. The SMILES string of the molecule is CCCC(OC[C@H](O)CNC(C)(C)CC1Cc2ccccc2C1)c1sccc1CCC(=O)O. The second kappa shape index (κ2) is 12.1. The zero-order valence-electron chi connectivity index (χ0n) is 20.2. The van der Waals surface area contributed by atoms with Crippen LogP contribution in [0.5, 0.6) is 0 Å². The van der Waals surface area contributed by atoms with E-state index < -0.39 is 12.1 Å². The minimum Gasteiger partial charge on any atom is -0.481 e. The summed E-state index contributed by atoms with van der Waals surface area (Å²) in [5.74, 6) is -0.152. The van der Waals surface area contributed by atoms with Crippen LogP contribution in [0.2, 0.25) is 0 Å². The molecule has 3 N–H and O–H groups in total. The van der Waals surface area contributed by atoms with E-state index in [2.05, 4.69) is 50.4 Å². The average molecular weight is 474 g/mol. The summed E-state index contributed by atoms with van der Waals surface area (Å²) < 4.78 is 6.15. The molecule has 0 saturated heterocycles. The van der Waals surface area contributed by atoms with Crippen LogP contribution in [-0.2, 0) is 28.8 Å². The molecule has 2 aromatic rings. The van der Waals surface area contributed by atoms with Gasteiger partial charge in [0, 0.05) is 23.4 Å². The number of aliphatic hydroxyl groups excluding tert-OH is 1. The van der Waals surface area contributed by atoms with E-state index in [1.807, 2.05) is 11.4 Å². The predicted molar refractivity (Wildman–Crippen MR) is 134 cm³/mol. The number of hydrogen-bond acceptors (Lipinski definition) is 5. The van der Waals surface area contributed by atoms with Gasteiger partial charge in [0.1, 0.15) is 0 Å². The number of carbonyl (C=O) groups is 1. The van der Waals surface area contributed by atoms with E-state index in [-0.39, 0.29) is 24.7 Å². The number of carboxylic acid groups (broad SMARTS) is 1. The van der Waals surface area contributed by atoms with Gasteiger partial charge in [-0.15, -0.1) is 11.3 Å². The maximum absolute atomic E-state index is 11.0. The van der Waals surface area contributed by atoms with Crippen LogP contribution in [0.3, 0.4) is 0 Å². The lowest BCUT2D eigenvalue weighted by atomic mass is 9.88. The molecule has 1 aromatic carbocycles. The summed E-state index contributed by atoms with van der Waals surface area (Å²) >= 11 is 1.62. The van der Waals surface area contributed by atoms with Crippen LogP contribution in [0.1, 0.15) is 74.1 Å². The fourth-order valence-electron chi connectivity index (χ4n) is 4.90. The molecule has 0 radical (unpaired) electrons.